The molecule has 2 rings (SSSR count). The fourth-order valence-electron chi connectivity index (χ4n) is 2.56. The van der Waals surface area contributed by atoms with E-state index in [1.807, 2.05) is 60.7 Å². The maximum absolute atomic E-state index is 12.7. The first-order valence-electron chi connectivity index (χ1n) is 7.56. The van der Waals surface area contributed by atoms with Crippen molar-refractivity contribution < 1.29 is 9.90 Å². The first-order valence-corrected chi connectivity index (χ1v) is 7.56. The zero-order chi connectivity index (χ0) is 15.1. The smallest absolute Gasteiger partial charge is 0.173 e. The normalized spacial score (nSPS) is 11.3. The van der Waals surface area contributed by atoms with Crippen molar-refractivity contribution in [3.05, 3.63) is 71.8 Å². The molecule has 0 fully saturated rings. The summed E-state index contributed by atoms with van der Waals surface area (Å²) in [6.45, 7) is 2.10. The van der Waals surface area contributed by atoms with Gasteiger partial charge >= 0.3 is 0 Å². The number of carbonyl (C=O) groups is 1. The zero-order valence-corrected chi connectivity index (χ0v) is 12.5. The molecule has 0 aliphatic rings. The van der Waals surface area contributed by atoms with Crippen LogP contribution in [0.5, 0.6) is 0 Å². The largest absolute Gasteiger partial charge is 0.373 e. The second-order valence-electron chi connectivity index (χ2n) is 5.32. The van der Waals surface area contributed by atoms with Crippen LogP contribution in [0.15, 0.2) is 60.7 Å². The van der Waals surface area contributed by atoms with E-state index in [1.165, 1.54) is 0 Å². The quantitative estimate of drug-likeness (QED) is 0.777. The van der Waals surface area contributed by atoms with Gasteiger partial charge in [-0.1, -0.05) is 80.4 Å². The Hall–Kier alpha value is -1.93. The van der Waals surface area contributed by atoms with Crippen LogP contribution in [0.3, 0.4) is 0 Å². The minimum absolute atomic E-state index is 0.131. The Morgan fingerprint density at radius 1 is 0.905 bits per heavy atom. The average Bonchev–Trinajstić information content (AvgIpc) is 2.56. The molecule has 0 radical (unpaired) electrons. The number of hydrogen-bond donors (Lipinski definition) is 1. The molecular formula is C19H22O2. The lowest BCUT2D eigenvalue weighted by Gasteiger charge is -2.28. The lowest BCUT2D eigenvalue weighted by atomic mass is 9.81. The summed E-state index contributed by atoms with van der Waals surface area (Å²) in [7, 11) is 0. The van der Waals surface area contributed by atoms with Crippen molar-refractivity contribution >= 4 is 5.78 Å². The molecule has 1 N–H and O–H groups in total. The molecule has 0 saturated carbocycles. The van der Waals surface area contributed by atoms with Crippen LogP contribution in [-0.2, 0) is 10.4 Å². The molecule has 0 unspecified atom stereocenters. The predicted octanol–water partition coefficient (Wildman–Crippen LogP) is 4.07. The summed E-state index contributed by atoms with van der Waals surface area (Å²) in [6, 6.07) is 18.4. The predicted molar refractivity (Wildman–Crippen MR) is 85.0 cm³/mol. The van der Waals surface area contributed by atoms with Gasteiger partial charge in [-0.05, 0) is 17.5 Å². The standard InChI is InChI=1S/C19H22O2/c1-2-3-6-15-18(20)19(21,16-11-7-4-8-12-16)17-13-9-5-10-14-17/h4-5,7-14,21H,2-3,6,15H2,1H3. The molecule has 110 valence electrons. The summed E-state index contributed by atoms with van der Waals surface area (Å²) >= 11 is 0. The lowest BCUT2D eigenvalue weighted by molar-refractivity contribution is -0.134. The van der Waals surface area contributed by atoms with Crippen molar-refractivity contribution in [2.75, 3.05) is 0 Å². The SMILES string of the molecule is CCCCCC(=O)C(O)(c1ccccc1)c1ccccc1. The Morgan fingerprint density at radius 2 is 1.38 bits per heavy atom. The van der Waals surface area contributed by atoms with E-state index in [2.05, 4.69) is 6.92 Å². The molecule has 0 amide bonds. The molecule has 0 saturated heterocycles. The number of Topliss-reactive ketones (excluding diaryl/α,β-unsaturated/α-hetero) is 1. The van der Waals surface area contributed by atoms with Crippen LogP contribution in [0, 0.1) is 0 Å². The topological polar surface area (TPSA) is 37.3 Å². The molecule has 0 aromatic heterocycles. The molecule has 2 heteroatoms. The van der Waals surface area contributed by atoms with E-state index in [9.17, 15) is 9.90 Å². The fourth-order valence-corrected chi connectivity index (χ4v) is 2.56. The maximum Gasteiger partial charge on any atom is 0.173 e. The molecule has 2 aromatic carbocycles. The Labute approximate surface area is 126 Å². The third kappa shape index (κ3) is 3.40. The highest BCUT2D eigenvalue weighted by Gasteiger charge is 2.38. The van der Waals surface area contributed by atoms with E-state index in [1.54, 1.807) is 0 Å². The van der Waals surface area contributed by atoms with Crippen LogP contribution in [0.1, 0.15) is 43.7 Å². The van der Waals surface area contributed by atoms with Crippen LogP contribution in [0.4, 0.5) is 0 Å². The van der Waals surface area contributed by atoms with Crippen LogP contribution in [-0.4, -0.2) is 10.9 Å². The average molecular weight is 282 g/mol. The van der Waals surface area contributed by atoms with Gasteiger partial charge in [0.05, 0.1) is 0 Å². The highest BCUT2D eigenvalue weighted by atomic mass is 16.3. The Bertz CT molecular complexity index is 521. The van der Waals surface area contributed by atoms with Crippen molar-refractivity contribution in [3.63, 3.8) is 0 Å². The van der Waals surface area contributed by atoms with Gasteiger partial charge in [-0.2, -0.15) is 0 Å². The number of aliphatic hydroxyl groups is 1. The second-order valence-corrected chi connectivity index (χ2v) is 5.32. The summed E-state index contributed by atoms with van der Waals surface area (Å²) in [5.74, 6) is -0.131. The van der Waals surface area contributed by atoms with Gasteiger partial charge in [0.2, 0.25) is 0 Å². The molecule has 0 spiro atoms. The summed E-state index contributed by atoms with van der Waals surface area (Å²) < 4.78 is 0. The molecule has 0 atom stereocenters. The molecular weight excluding hydrogens is 260 g/mol. The first-order chi connectivity index (χ1) is 10.2. The summed E-state index contributed by atoms with van der Waals surface area (Å²) in [4.78, 5) is 12.7. The number of ketones is 1. The number of rotatable bonds is 7. The zero-order valence-electron chi connectivity index (χ0n) is 12.5. The summed E-state index contributed by atoms with van der Waals surface area (Å²) in [6.07, 6.45) is 3.28. The Balaban J connectivity index is 2.38. The molecule has 0 aliphatic carbocycles. The minimum Gasteiger partial charge on any atom is -0.373 e. The fraction of sp³-hybridized carbons (Fsp3) is 0.316. The number of unbranched alkanes of at least 4 members (excludes halogenated alkanes) is 2. The van der Waals surface area contributed by atoms with Crippen LogP contribution in [0.25, 0.3) is 0 Å². The highest BCUT2D eigenvalue weighted by molar-refractivity contribution is 5.91. The molecule has 0 bridgehead atoms. The third-order valence-electron chi connectivity index (χ3n) is 3.79. The minimum atomic E-state index is -1.55. The molecule has 0 aliphatic heterocycles. The van der Waals surface area contributed by atoms with Gasteiger partial charge in [0, 0.05) is 6.42 Å². The summed E-state index contributed by atoms with van der Waals surface area (Å²) in [5, 5.41) is 11.2. The van der Waals surface area contributed by atoms with Gasteiger partial charge in [0.1, 0.15) is 0 Å². The Morgan fingerprint density at radius 3 is 1.81 bits per heavy atom. The Kier molecular flexibility index (Phi) is 5.29. The van der Waals surface area contributed by atoms with Crippen LogP contribution < -0.4 is 0 Å². The highest BCUT2D eigenvalue weighted by Crippen LogP contribution is 2.32. The molecule has 2 aromatic rings. The second kappa shape index (κ2) is 7.19. The van der Waals surface area contributed by atoms with Gasteiger partial charge in [-0.15, -0.1) is 0 Å². The van der Waals surface area contributed by atoms with E-state index in [0.717, 1.165) is 19.3 Å². The summed E-state index contributed by atoms with van der Waals surface area (Å²) in [5.41, 5.74) is -0.272. The van der Waals surface area contributed by atoms with Gasteiger partial charge in [-0.3, -0.25) is 4.79 Å². The van der Waals surface area contributed by atoms with E-state index < -0.39 is 5.60 Å². The van der Waals surface area contributed by atoms with Crippen LogP contribution in [0.2, 0.25) is 0 Å². The lowest BCUT2D eigenvalue weighted by Crippen LogP contribution is -2.36. The van der Waals surface area contributed by atoms with E-state index in [-0.39, 0.29) is 5.78 Å². The maximum atomic E-state index is 12.7. The molecule has 21 heavy (non-hydrogen) atoms. The van der Waals surface area contributed by atoms with Gasteiger partial charge < -0.3 is 5.11 Å². The van der Waals surface area contributed by atoms with Crippen molar-refractivity contribution in [2.24, 2.45) is 0 Å². The first kappa shape index (κ1) is 15.5. The third-order valence-corrected chi connectivity index (χ3v) is 3.79. The van der Waals surface area contributed by atoms with Gasteiger partial charge in [0.15, 0.2) is 11.4 Å². The van der Waals surface area contributed by atoms with Gasteiger partial charge in [0.25, 0.3) is 0 Å². The van der Waals surface area contributed by atoms with E-state index >= 15 is 0 Å². The molecule has 2 nitrogen and oxygen atoms in total. The van der Waals surface area contributed by atoms with Crippen molar-refractivity contribution in [1.82, 2.24) is 0 Å². The van der Waals surface area contributed by atoms with E-state index in [0.29, 0.717) is 17.5 Å². The monoisotopic (exact) mass is 282 g/mol. The number of hydrogen-bond acceptors (Lipinski definition) is 2. The number of carbonyl (C=O) groups excluding carboxylic acids is 1. The van der Waals surface area contributed by atoms with Crippen molar-refractivity contribution in [1.29, 1.82) is 0 Å². The van der Waals surface area contributed by atoms with Gasteiger partial charge in [-0.25, -0.2) is 0 Å². The molecule has 0 heterocycles. The van der Waals surface area contributed by atoms with Crippen molar-refractivity contribution in [3.8, 4) is 0 Å². The van der Waals surface area contributed by atoms with Crippen LogP contribution >= 0.6 is 0 Å². The number of benzene rings is 2. The van der Waals surface area contributed by atoms with Crippen molar-refractivity contribution in [2.45, 2.75) is 38.2 Å². The van der Waals surface area contributed by atoms with E-state index in [4.69, 9.17) is 0 Å².